The van der Waals surface area contributed by atoms with Gasteiger partial charge < -0.3 is 18.9 Å². The van der Waals surface area contributed by atoms with Crippen LogP contribution >= 0.6 is 0 Å². The van der Waals surface area contributed by atoms with Crippen LogP contribution in [0.4, 0.5) is 0 Å². The minimum atomic E-state index is -0.620. The molecule has 5 nitrogen and oxygen atoms in total. The SMILES string of the molecule is CC(C)c1ccc(C2OCC3(CCCC4(COC(c5ccc(C(C)C)cc5)OC4)C3=O)CO2)cc1. The van der Waals surface area contributed by atoms with E-state index in [1.165, 1.54) is 11.1 Å². The molecule has 2 aliphatic heterocycles. The molecule has 2 spiro atoms. The van der Waals surface area contributed by atoms with Crippen molar-refractivity contribution in [1.82, 2.24) is 0 Å². The molecule has 0 N–H and O–H groups in total. The van der Waals surface area contributed by atoms with Gasteiger partial charge in [0.1, 0.15) is 0 Å². The summed E-state index contributed by atoms with van der Waals surface area (Å²) in [5.74, 6) is 1.14. The second-order valence-corrected chi connectivity index (χ2v) is 11.3. The van der Waals surface area contributed by atoms with Crippen molar-refractivity contribution in [2.24, 2.45) is 10.8 Å². The quantitative estimate of drug-likeness (QED) is 0.505. The minimum Gasteiger partial charge on any atom is -0.347 e. The van der Waals surface area contributed by atoms with Gasteiger partial charge in [0.15, 0.2) is 18.4 Å². The van der Waals surface area contributed by atoms with Gasteiger partial charge in [-0.2, -0.15) is 0 Å². The molecule has 2 saturated heterocycles. The predicted octanol–water partition coefficient (Wildman–Crippen LogP) is 6.45. The van der Waals surface area contributed by atoms with Crippen molar-refractivity contribution in [3.63, 3.8) is 0 Å². The molecule has 5 heteroatoms. The van der Waals surface area contributed by atoms with Gasteiger partial charge in [-0.1, -0.05) is 82.6 Å². The van der Waals surface area contributed by atoms with Crippen LogP contribution in [0.2, 0.25) is 0 Å². The molecule has 35 heavy (non-hydrogen) atoms. The normalized spacial score (nSPS) is 31.5. The Hall–Kier alpha value is -2.05. The van der Waals surface area contributed by atoms with Crippen LogP contribution in [0.25, 0.3) is 0 Å². The second-order valence-electron chi connectivity index (χ2n) is 11.3. The topological polar surface area (TPSA) is 54.0 Å². The zero-order chi connectivity index (χ0) is 24.6. The van der Waals surface area contributed by atoms with Crippen LogP contribution in [0.15, 0.2) is 48.5 Å². The van der Waals surface area contributed by atoms with Crippen molar-refractivity contribution in [3.05, 3.63) is 70.8 Å². The minimum absolute atomic E-state index is 0.179. The molecule has 3 aliphatic rings. The summed E-state index contributed by atoms with van der Waals surface area (Å²) in [7, 11) is 0. The fraction of sp³-hybridized carbons (Fsp3) is 0.567. The van der Waals surface area contributed by atoms with Crippen LogP contribution < -0.4 is 0 Å². The fourth-order valence-electron chi connectivity index (χ4n) is 5.69. The lowest BCUT2D eigenvalue weighted by atomic mass is 9.61. The molecule has 1 aliphatic carbocycles. The number of benzene rings is 2. The third kappa shape index (κ3) is 4.72. The number of hydrogen-bond acceptors (Lipinski definition) is 5. The molecule has 0 atom stereocenters. The van der Waals surface area contributed by atoms with E-state index in [1.807, 2.05) is 0 Å². The number of carbonyl (C=O) groups excluding carboxylic acids is 1. The number of hydrogen-bond donors (Lipinski definition) is 0. The van der Waals surface area contributed by atoms with E-state index in [0.717, 1.165) is 30.4 Å². The van der Waals surface area contributed by atoms with Crippen molar-refractivity contribution in [3.8, 4) is 0 Å². The van der Waals surface area contributed by atoms with E-state index >= 15 is 0 Å². The van der Waals surface area contributed by atoms with Gasteiger partial charge in [-0.05, 0) is 35.8 Å². The van der Waals surface area contributed by atoms with Crippen LogP contribution in [0.5, 0.6) is 0 Å². The number of ketones is 1. The molecular weight excluding hydrogens is 440 g/mol. The molecule has 5 rings (SSSR count). The zero-order valence-electron chi connectivity index (χ0n) is 21.4. The highest BCUT2D eigenvalue weighted by Crippen LogP contribution is 2.49. The highest BCUT2D eigenvalue weighted by atomic mass is 16.7. The molecule has 0 amide bonds. The third-order valence-electron chi connectivity index (χ3n) is 8.07. The van der Waals surface area contributed by atoms with E-state index in [9.17, 15) is 4.79 Å². The highest BCUT2D eigenvalue weighted by Gasteiger charge is 2.57. The van der Waals surface area contributed by atoms with Gasteiger partial charge in [-0.3, -0.25) is 4.79 Å². The highest BCUT2D eigenvalue weighted by molar-refractivity contribution is 5.92. The Kier molecular flexibility index (Phi) is 6.88. The second kappa shape index (κ2) is 9.78. The van der Waals surface area contributed by atoms with Crippen molar-refractivity contribution >= 4 is 5.78 Å². The summed E-state index contributed by atoms with van der Waals surface area (Å²) in [5, 5.41) is 0. The third-order valence-corrected chi connectivity index (χ3v) is 8.07. The van der Waals surface area contributed by atoms with Crippen LogP contribution in [0.1, 0.15) is 93.6 Å². The van der Waals surface area contributed by atoms with Gasteiger partial charge in [0.2, 0.25) is 0 Å². The summed E-state index contributed by atoms with van der Waals surface area (Å²) in [5.41, 5.74) is 3.33. The standard InChI is InChI=1S/C30H38O5/c1-20(2)22-6-10-24(11-7-22)26-32-16-29(17-33-26)14-5-15-30(28(29)31)18-34-27(35-19-30)25-12-8-23(9-13-25)21(3)4/h6-13,20-21,26-27H,5,14-19H2,1-4H3. The zero-order valence-corrected chi connectivity index (χ0v) is 21.4. The Bertz CT molecular complexity index is 926. The molecule has 0 bridgehead atoms. The molecule has 188 valence electrons. The van der Waals surface area contributed by atoms with Crippen molar-refractivity contribution in [2.75, 3.05) is 26.4 Å². The van der Waals surface area contributed by atoms with Gasteiger partial charge in [0.25, 0.3) is 0 Å². The van der Waals surface area contributed by atoms with Crippen molar-refractivity contribution < 1.29 is 23.7 Å². The van der Waals surface area contributed by atoms with E-state index < -0.39 is 23.4 Å². The maximum Gasteiger partial charge on any atom is 0.183 e. The summed E-state index contributed by atoms with van der Waals surface area (Å²) < 4.78 is 24.6. The Labute approximate surface area is 209 Å². The maximum atomic E-state index is 13.9. The summed E-state index contributed by atoms with van der Waals surface area (Å²) in [6, 6.07) is 16.8. The first kappa shape index (κ1) is 24.6. The van der Waals surface area contributed by atoms with Crippen LogP contribution in [-0.2, 0) is 23.7 Å². The van der Waals surface area contributed by atoms with Gasteiger partial charge in [-0.15, -0.1) is 0 Å². The van der Waals surface area contributed by atoms with E-state index in [-0.39, 0.29) is 5.78 Å². The van der Waals surface area contributed by atoms with E-state index in [1.54, 1.807) is 0 Å². The first-order valence-corrected chi connectivity index (χ1v) is 13.0. The molecule has 2 heterocycles. The van der Waals surface area contributed by atoms with Crippen molar-refractivity contribution in [2.45, 2.75) is 71.4 Å². The predicted molar refractivity (Wildman–Crippen MR) is 134 cm³/mol. The first-order chi connectivity index (χ1) is 16.8. The molecular formula is C30H38O5. The van der Waals surface area contributed by atoms with E-state index in [2.05, 4.69) is 76.2 Å². The molecule has 0 aromatic heterocycles. The Morgan fingerprint density at radius 2 is 0.971 bits per heavy atom. The Morgan fingerprint density at radius 3 is 1.29 bits per heavy atom. The average molecular weight is 479 g/mol. The first-order valence-electron chi connectivity index (χ1n) is 13.0. The summed E-state index contributed by atoms with van der Waals surface area (Å²) in [4.78, 5) is 13.9. The molecule has 2 aromatic carbocycles. The number of Topliss-reactive ketones (excluding diaryl/α,β-unsaturated/α-hetero) is 1. The molecule has 1 saturated carbocycles. The Balaban J connectivity index is 1.23. The lowest BCUT2D eigenvalue weighted by Gasteiger charge is -2.50. The average Bonchev–Trinajstić information content (AvgIpc) is 2.88. The van der Waals surface area contributed by atoms with Gasteiger partial charge >= 0.3 is 0 Å². The number of carbonyl (C=O) groups is 1. The van der Waals surface area contributed by atoms with Crippen LogP contribution in [0, 0.1) is 10.8 Å². The Morgan fingerprint density at radius 1 is 0.629 bits per heavy atom. The monoisotopic (exact) mass is 478 g/mol. The smallest absolute Gasteiger partial charge is 0.183 e. The number of rotatable bonds is 4. The fourth-order valence-corrected chi connectivity index (χ4v) is 5.69. The van der Waals surface area contributed by atoms with E-state index in [0.29, 0.717) is 38.3 Å². The van der Waals surface area contributed by atoms with Crippen LogP contribution in [-0.4, -0.2) is 32.2 Å². The lowest BCUT2D eigenvalue weighted by Crippen LogP contribution is -2.58. The maximum absolute atomic E-state index is 13.9. The van der Waals surface area contributed by atoms with Crippen molar-refractivity contribution in [1.29, 1.82) is 0 Å². The van der Waals surface area contributed by atoms with Gasteiger partial charge in [-0.25, -0.2) is 0 Å². The van der Waals surface area contributed by atoms with Crippen LogP contribution in [0.3, 0.4) is 0 Å². The summed E-state index contributed by atoms with van der Waals surface area (Å²) in [6.45, 7) is 10.2. The largest absolute Gasteiger partial charge is 0.347 e. The molecule has 0 unspecified atom stereocenters. The number of ether oxygens (including phenoxy) is 4. The lowest BCUT2D eigenvalue weighted by molar-refractivity contribution is -0.261. The molecule has 0 radical (unpaired) electrons. The molecule has 2 aromatic rings. The van der Waals surface area contributed by atoms with Gasteiger partial charge in [0, 0.05) is 11.1 Å². The summed E-state index contributed by atoms with van der Waals surface area (Å²) in [6.07, 6.45) is 1.65. The molecule has 3 fully saturated rings. The van der Waals surface area contributed by atoms with Gasteiger partial charge in [0.05, 0.1) is 37.3 Å². The summed E-state index contributed by atoms with van der Waals surface area (Å²) >= 11 is 0. The van der Waals surface area contributed by atoms with E-state index in [4.69, 9.17) is 18.9 Å².